The van der Waals surface area contributed by atoms with Gasteiger partial charge in [0.2, 0.25) is 6.29 Å². The van der Waals surface area contributed by atoms with Gasteiger partial charge in [0.1, 0.15) is 23.9 Å². The largest absolute Gasteiger partial charge is 0.496 e. The highest BCUT2D eigenvalue weighted by Crippen LogP contribution is 2.20. The molecule has 0 fully saturated rings. The molecule has 0 spiro atoms. The van der Waals surface area contributed by atoms with Gasteiger partial charge in [0.15, 0.2) is 12.4 Å². The van der Waals surface area contributed by atoms with Gasteiger partial charge in [-0.15, -0.1) is 0 Å². The van der Waals surface area contributed by atoms with Crippen LogP contribution in [0.5, 0.6) is 17.2 Å². The Kier molecular flexibility index (Phi) is 11.3. The maximum atomic E-state index is 12.7. The second-order valence-electron chi connectivity index (χ2n) is 8.42. The van der Waals surface area contributed by atoms with Crippen molar-refractivity contribution in [1.82, 2.24) is 0 Å². The van der Waals surface area contributed by atoms with Crippen LogP contribution >= 0.6 is 0 Å². The average Bonchev–Trinajstić information content (AvgIpc) is 2.95. The maximum Gasteiger partial charge on any atom is 0.312 e. The predicted octanol–water partition coefficient (Wildman–Crippen LogP) is 3.74. The molecule has 9 nitrogen and oxygen atoms in total. The molecule has 0 saturated heterocycles. The lowest BCUT2D eigenvalue weighted by Gasteiger charge is -2.19. The van der Waals surface area contributed by atoms with Crippen molar-refractivity contribution in [2.45, 2.75) is 25.6 Å². The minimum atomic E-state index is -1.30. The predicted molar refractivity (Wildman–Crippen MR) is 142 cm³/mol. The molecule has 9 heteroatoms. The van der Waals surface area contributed by atoms with E-state index < -0.39 is 24.8 Å². The number of esters is 2. The summed E-state index contributed by atoms with van der Waals surface area (Å²) >= 11 is 0. The standard InChI is InChI=1S/C30H32O9/c1-34-25-13-7-4-10-21(25)16-24(31)19-38-30(39-29(33)18-23-12-6-9-15-27(23)36-3)20-37-28(32)17-22-11-5-8-14-26(22)35-2/h4-15,30H,16-20H2,1-3H3. The zero-order valence-electron chi connectivity index (χ0n) is 22.2. The van der Waals surface area contributed by atoms with Gasteiger partial charge in [0, 0.05) is 23.1 Å². The second kappa shape index (κ2) is 15.1. The highest BCUT2D eigenvalue weighted by Gasteiger charge is 2.21. The van der Waals surface area contributed by atoms with Crippen LogP contribution in [0.15, 0.2) is 72.8 Å². The molecule has 0 aliphatic heterocycles. The number of methoxy groups -OCH3 is 3. The summed E-state index contributed by atoms with van der Waals surface area (Å²) in [6.45, 7) is -0.762. The Bertz CT molecular complexity index is 1190. The van der Waals surface area contributed by atoms with Crippen LogP contribution in [0.1, 0.15) is 16.7 Å². The van der Waals surface area contributed by atoms with Gasteiger partial charge in [0.05, 0.1) is 34.2 Å². The van der Waals surface area contributed by atoms with E-state index in [1.807, 2.05) is 0 Å². The number of benzene rings is 3. The number of carbonyl (C=O) groups excluding carboxylic acids is 3. The van der Waals surface area contributed by atoms with E-state index in [0.717, 1.165) is 0 Å². The van der Waals surface area contributed by atoms with Crippen LogP contribution in [0, 0.1) is 0 Å². The second-order valence-corrected chi connectivity index (χ2v) is 8.42. The van der Waals surface area contributed by atoms with Crippen LogP contribution in [0.3, 0.4) is 0 Å². The van der Waals surface area contributed by atoms with E-state index in [2.05, 4.69) is 0 Å². The van der Waals surface area contributed by atoms with Gasteiger partial charge in [-0.05, 0) is 18.2 Å². The molecular weight excluding hydrogens is 504 g/mol. The molecule has 3 aromatic carbocycles. The summed E-state index contributed by atoms with van der Waals surface area (Å²) < 4.78 is 32.2. The molecule has 0 radical (unpaired) electrons. The Hall–Kier alpha value is -4.37. The van der Waals surface area contributed by atoms with Crippen LogP contribution in [0.25, 0.3) is 0 Å². The van der Waals surface area contributed by atoms with E-state index in [0.29, 0.717) is 33.9 Å². The van der Waals surface area contributed by atoms with E-state index in [-0.39, 0.29) is 31.7 Å². The van der Waals surface area contributed by atoms with Gasteiger partial charge >= 0.3 is 11.9 Å². The minimum Gasteiger partial charge on any atom is -0.496 e. The van der Waals surface area contributed by atoms with Gasteiger partial charge in [-0.2, -0.15) is 0 Å². The summed E-state index contributed by atoms with van der Waals surface area (Å²) in [5.41, 5.74) is 1.95. The first kappa shape index (κ1) is 29.2. The van der Waals surface area contributed by atoms with Crippen LogP contribution < -0.4 is 14.2 Å². The molecule has 0 aliphatic carbocycles. The SMILES string of the molecule is COc1ccccc1CC(=O)COC(COC(=O)Cc1ccccc1OC)OC(=O)Cc1ccccc1OC. The molecule has 0 aromatic heterocycles. The van der Waals surface area contributed by atoms with Crippen molar-refractivity contribution in [3.05, 3.63) is 89.5 Å². The van der Waals surface area contributed by atoms with Crippen molar-refractivity contribution in [1.29, 1.82) is 0 Å². The third kappa shape index (κ3) is 9.15. The van der Waals surface area contributed by atoms with E-state index in [9.17, 15) is 14.4 Å². The molecule has 0 heterocycles. The Morgan fingerprint density at radius 1 is 0.615 bits per heavy atom. The average molecular weight is 537 g/mol. The first-order chi connectivity index (χ1) is 18.9. The number of Topliss-reactive ketones (excluding diaryl/α,β-unsaturated/α-hetero) is 1. The molecule has 0 aliphatic rings. The molecule has 3 rings (SSSR count). The zero-order chi connectivity index (χ0) is 28.0. The minimum absolute atomic E-state index is 0.0550. The smallest absolute Gasteiger partial charge is 0.312 e. The normalized spacial score (nSPS) is 11.3. The van der Waals surface area contributed by atoms with Gasteiger partial charge in [-0.3, -0.25) is 14.4 Å². The van der Waals surface area contributed by atoms with Crippen molar-refractivity contribution in [2.75, 3.05) is 34.5 Å². The summed E-state index contributed by atoms with van der Waals surface area (Å²) in [6.07, 6.45) is -1.40. The van der Waals surface area contributed by atoms with E-state index in [4.69, 9.17) is 28.4 Å². The third-order valence-electron chi connectivity index (χ3n) is 5.71. The lowest BCUT2D eigenvalue weighted by Crippen LogP contribution is -2.31. The quantitative estimate of drug-likeness (QED) is 0.212. The topological polar surface area (TPSA) is 107 Å². The zero-order valence-corrected chi connectivity index (χ0v) is 22.2. The Labute approximate surface area is 227 Å². The summed E-state index contributed by atoms with van der Waals surface area (Å²) in [5, 5.41) is 0. The number of carbonyl (C=O) groups is 3. The Morgan fingerprint density at radius 2 is 1.05 bits per heavy atom. The van der Waals surface area contributed by atoms with Crippen molar-refractivity contribution in [3.8, 4) is 17.2 Å². The fraction of sp³-hybridized carbons (Fsp3) is 0.300. The monoisotopic (exact) mass is 536 g/mol. The molecule has 206 valence electrons. The number of rotatable bonds is 15. The third-order valence-corrected chi connectivity index (χ3v) is 5.71. The van der Waals surface area contributed by atoms with E-state index >= 15 is 0 Å². The number of hydrogen-bond acceptors (Lipinski definition) is 9. The first-order valence-corrected chi connectivity index (χ1v) is 12.3. The van der Waals surface area contributed by atoms with E-state index in [1.54, 1.807) is 72.8 Å². The van der Waals surface area contributed by atoms with Crippen molar-refractivity contribution >= 4 is 17.7 Å². The van der Waals surface area contributed by atoms with Crippen LogP contribution in [0.2, 0.25) is 0 Å². The number of ether oxygens (including phenoxy) is 6. The molecule has 1 unspecified atom stereocenters. The number of para-hydroxylation sites is 3. The lowest BCUT2D eigenvalue weighted by atomic mass is 10.1. The number of hydrogen-bond donors (Lipinski definition) is 0. The van der Waals surface area contributed by atoms with Crippen molar-refractivity contribution in [2.24, 2.45) is 0 Å². The summed E-state index contributed by atoms with van der Waals surface area (Å²) in [6, 6.07) is 21.2. The molecule has 0 N–H and O–H groups in total. The number of ketones is 1. The highest BCUT2D eigenvalue weighted by atomic mass is 16.7. The van der Waals surface area contributed by atoms with Crippen LogP contribution in [-0.4, -0.2) is 58.6 Å². The molecule has 1 atom stereocenters. The van der Waals surface area contributed by atoms with Crippen molar-refractivity contribution < 1.29 is 42.8 Å². The molecular formula is C30H32O9. The lowest BCUT2D eigenvalue weighted by molar-refractivity contribution is -0.194. The molecule has 0 bridgehead atoms. The summed E-state index contributed by atoms with van der Waals surface area (Å²) in [5.74, 6) is 0.174. The van der Waals surface area contributed by atoms with Crippen LogP contribution in [0.4, 0.5) is 0 Å². The molecule has 0 amide bonds. The van der Waals surface area contributed by atoms with Gasteiger partial charge < -0.3 is 28.4 Å². The Morgan fingerprint density at radius 3 is 1.54 bits per heavy atom. The Balaban J connectivity index is 1.63. The fourth-order valence-corrected chi connectivity index (χ4v) is 3.82. The molecule has 0 saturated carbocycles. The molecule has 39 heavy (non-hydrogen) atoms. The van der Waals surface area contributed by atoms with Gasteiger partial charge in [-0.25, -0.2) is 0 Å². The fourth-order valence-electron chi connectivity index (χ4n) is 3.82. The molecule has 3 aromatic rings. The van der Waals surface area contributed by atoms with Crippen molar-refractivity contribution in [3.63, 3.8) is 0 Å². The van der Waals surface area contributed by atoms with Crippen LogP contribution in [-0.2, 0) is 47.9 Å². The summed E-state index contributed by atoms with van der Waals surface area (Å²) in [4.78, 5) is 37.9. The van der Waals surface area contributed by atoms with E-state index in [1.165, 1.54) is 21.3 Å². The van der Waals surface area contributed by atoms with Gasteiger partial charge in [0.25, 0.3) is 0 Å². The maximum absolute atomic E-state index is 12.7. The highest BCUT2D eigenvalue weighted by molar-refractivity contribution is 5.82. The van der Waals surface area contributed by atoms with Gasteiger partial charge in [-0.1, -0.05) is 54.6 Å². The summed E-state index contributed by atoms with van der Waals surface area (Å²) in [7, 11) is 4.54. The first-order valence-electron chi connectivity index (χ1n) is 12.3.